The van der Waals surface area contributed by atoms with Crippen molar-refractivity contribution in [3.8, 4) is 0 Å². The molecule has 102 valence electrons. The minimum Gasteiger partial charge on any atom is -0.384 e. The second-order valence-corrected chi connectivity index (χ2v) is 7.11. The van der Waals surface area contributed by atoms with E-state index in [1.807, 2.05) is 0 Å². The van der Waals surface area contributed by atoms with Gasteiger partial charge in [0, 0.05) is 18.5 Å². The number of halogens is 2. The standard InChI is InChI=1S/C11H15BrClNO3S/c1-17-8-9(12)6-7-14-18(15,16)11-5-3-2-4-10(11)13/h2-5,9,14H,6-8H2,1H3. The number of hydrogen-bond donors (Lipinski definition) is 1. The number of rotatable bonds is 7. The fraction of sp³-hybridized carbons (Fsp3) is 0.455. The van der Waals surface area contributed by atoms with Crippen LogP contribution in [0.3, 0.4) is 0 Å². The summed E-state index contributed by atoms with van der Waals surface area (Å²) in [5, 5.41) is 0.220. The fourth-order valence-corrected chi connectivity index (χ4v) is 3.41. The molecule has 1 aromatic rings. The monoisotopic (exact) mass is 355 g/mol. The SMILES string of the molecule is COCC(Br)CCNS(=O)(=O)c1ccccc1Cl. The van der Waals surface area contributed by atoms with Gasteiger partial charge in [-0.3, -0.25) is 0 Å². The number of sulfonamides is 1. The van der Waals surface area contributed by atoms with Crippen LogP contribution in [0.25, 0.3) is 0 Å². The molecule has 1 aromatic carbocycles. The van der Waals surface area contributed by atoms with Crippen molar-refractivity contribution in [2.45, 2.75) is 16.1 Å². The highest BCUT2D eigenvalue weighted by atomic mass is 79.9. The van der Waals surface area contributed by atoms with E-state index < -0.39 is 10.0 Å². The van der Waals surface area contributed by atoms with Crippen molar-refractivity contribution in [2.75, 3.05) is 20.3 Å². The van der Waals surface area contributed by atoms with Crippen molar-refractivity contribution in [3.05, 3.63) is 29.3 Å². The van der Waals surface area contributed by atoms with Gasteiger partial charge in [0.1, 0.15) is 4.90 Å². The molecule has 0 saturated heterocycles. The van der Waals surface area contributed by atoms with Crippen LogP contribution in [0.2, 0.25) is 5.02 Å². The first-order valence-corrected chi connectivity index (χ1v) is 8.12. The van der Waals surface area contributed by atoms with E-state index in [4.69, 9.17) is 16.3 Å². The summed E-state index contributed by atoms with van der Waals surface area (Å²) in [6, 6.07) is 6.35. The average Bonchev–Trinajstić information content (AvgIpc) is 2.29. The minimum absolute atomic E-state index is 0.101. The molecule has 0 saturated carbocycles. The van der Waals surface area contributed by atoms with Crippen LogP contribution in [0, 0.1) is 0 Å². The van der Waals surface area contributed by atoms with Gasteiger partial charge in [0.15, 0.2) is 0 Å². The van der Waals surface area contributed by atoms with Crippen molar-refractivity contribution >= 4 is 37.6 Å². The zero-order valence-corrected chi connectivity index (χ0v) is 13.1. The van der Waals surface area contributed by atoms with Crippen LogP contribution in [0.15, 0.2) is 29.2 Å². The molecule has 0 bridgehead atoms. The maximum atomic E-state index is 12.0. The molecule has 0 aliphatic rings. The Bertz CT molecular complexity index is 481. The van der Waals surface area contributed by atoms with Gasteiger partial charge in [0.05, 0.1) is 11.6 Å². The molecule has 0 spiro atoms. The van der Waals surface area contributed by atoms with Gasteiger partial charge in [-0.15, -0.1) is 0 Å². The Morgan fingerprint density at radius 2 is 2.11 bits per heavy atom. The first kappa shape index (κ1) is 15.9. The highest BCUT2D eigenvalue weighted by molar-refractivity contribution is 9.09. The quantitative estimate of drug-likeness (QED) is 0.763. The largest absolute Gasteiger partial charge is 0.384 e. The van der Waals surface area contributed by atoms with Crippen molar-refractivity contribution in [1.29, 1.82) is 0 Å². The van der Waals surface area contributed by atoms with E-state index >= 15 is 0 Å². The highest BCUT2D eigenvalue weighted by Crippen LogP contribution is 2.20. The molecule has 7 heteroatoms. The van der Waals surface area contributed by atoms with Gasteiger partial charge in [-0.25, -0.2) is 13.1 Å². The van der Waals surface area contributed by atoms with Gasteiger partial charge in [-0.05, 0) is 18.6 Å². The molecular weight excluding hydrogens is 342 g/mol. The van der Waals surface area contributed by atoms with Gasteiger partial charge in [0.2, 0.25) is 10.0 Å². The molecule has 0 fully saturated rings. The van der Waals surface area contributed by atoms with E-state index in [2.05, 4.69) is 20.7 Å². The Balaban J connectivity index is 2.59. The fourth-order valence-electron chi connectivity index (χ4n) is 1.35. The zero-order valence-electron chi connectivity index (χ0n) is 9.90. The van der Waals surface area contributed by atoms with Crippen molar-refractivity contribution < 1.29 is 13.2 Å². The summed E-state index contributed by atoms with van der Waals surface area (Å²) in [7, 11) is -1.95. The van der Waals surface area contributed by atoms with Gasteiger partial charge in [-0.2, -0.15) is 0 Å². The van der Waals surface area contributed by atoms with E-state index in [1.165, 1.54) is 6.07 Å². The Morgan fingerprint density at radius 3 is 2.72 bits per heavy atom. The third kappa shape index (κ3) is 4.85. The lowest BCUT2D eigenvalue weighted by Crippen LogP contribution is -2.27. The zero-order chi connectivity index (χ0) is 13.6. The van der Waals surface area contributed by atoms with Gasteiger partial charge < -0.3 is 4.74 Å². The molecule has 0 radical (unpaired) electrons. The van der Waals surface area contributed by atoms with E-state index in [-0.39, 0.29) is 14.7 Å². The Kier molecular flexibility index (Phi) is 6.59. The lowest BCUT2D eigenvalue weighted by molar-refractivity contribution is 0.199. The second-order valence-electron chi connectivity index (χ2n) is 3.67. The van der Waals surface area contributed by atoms with Crippen LogP contribution >= 0.6 is 27.5 Å². The molecular formula is C11H15BrClNO3S. The number of methoxy groups -OCH3 is 1. The predicted octanol–water partition coefficient (Wildman–Crippen LogP) is 2.42. The summed E-state index contributed by atoms with van der Waals surface area (Å²) >= 11 is 9.24. The van der Waals surface area contributed by atoms with Crippen LogP contribution in [-0.2, 0) is 14.8 Å². The molecule has 18 heavy (non-hydrogen) atoms. The van der Waals surface area contributed by atoms with E-state index in [0.717, 1.165) is 0 Å². The lowest BCUT2D eigenvalue weighted by atomic mass is 10.3. The molecule has 4 nitrogen and oxygen atoms in total. The molecule has 0 aromatic heterocycles. The van der Waals surface area contributed by atoms with Crippen molar-refractivity contribution in [3.63, 3.8) is 0 Å². The maximum absolute atomic E-state index is 12.0. The summed E-state index contributed by atoms with van der Waals surface area (Å²) in [4.78, 5) is 0.223. The molecule has 0 aliphatic carbocycles. The van der Waals surface area contributed by atoms with Crippen LogP contribution in [0.1, 0.15) is 6.42 Å². The van der Waals surface area contributed by atoms with E-state index in [9.17, 15) is 8.42 Å². The highest BCUT2D eigenvalue weighted by Gasteiger charge is 2.17. The third-order valence-electron chi connectivity index (χ3n) is 2.22. The van der Waals surface area contributed by atoms with Gasteiger partial charge in [-0.1, -0.05) is 39.7 Å². The summed E-state index contributed by atoms with van der Waals surface area (Å²) in [6.45, 7) is 0.862. The molecule has 1 unspecified atom stereocenters. The van der Waals surface area contributed by atoms with Crippen molar-refractivity contribution in [1.82, 2.24) is 4.72 Å². The number of alkyl halides is 1. The third-order valence-corrected chi connectivity index (χ3v) is 4.91. The second kappa shape index (κ2) is 7.45. The molecule has 1 atom stereocenters. The summed E-state index contributed by atoms with van der Waals surface area (Å²) < 4.78 is 31.4. The molecule has 0 amide bonds. The molecule has 1 rings (SSSR count). The van der Waals surface area contributed by atoms with Gasteiger partial charge >= 0.3 is 0 Å². The van der Waals surface area contributed by atoms with Crippen molar-refractivity contribution in [2.24, 2.45) is 0 Å². The normalized spacial score (nSPS) is 13.5. The maximum Gasteiger partial charge on any atom is 0.242 e. The topological polar surface area (TPSA) is 55.4 Å². The Labute approximate surface area is 121 Å². The minimum atomic E-state index is -3.55. The van der Waals surface area contributed by atoms with E-state index in [0.29, 0.717) is 19.6 Å². The summed E-state index contributed by atoms with van der Waals surface area (Å²) in [5.74, 6) is 0. The predicted molar refractivity (Wildman–Crippen MR) is 75.8 cm³/mol. The number of hydrogen-bond acceptors (Lipinski definition) is 3. The molecule has 0 aliphatic heterocycles. The summed E-state index contributed by atoms with van der Waals surface area (Å²) in [6.07, 6.45) is 0.636. The van der Waals surface area contributed by atoms with Crippen LogP contribution < -0.4 is 4.72 Å². The van der Waals surface area contributed by atoms with Crippen LogP contribution in [-0.4, -0.2) is 33.5 Å². The lowest BCUT2D eigenvalue weighted by Gasteiger charge is -2.10. The first-order chi connectivity index (χ1) is 8.47. The van der Waals surface area contributed by atoms with Crippen LogP contribution in [0.5, 0.6) is 0 Å². The number of ether oxygens (including phenoxy) is 1. The number of nitrogens with one attached hydrogen (secondary N) is 1. The summed E-state index contributed by atoms with van der Waals surface area (Å²) in [5.41, 5.74) is 0. The first-order valence-electron chi connectivity index (χ1n) is 5.34. The molecule has 1 N–H and O–H groups in total. The Morgan fingerprint density at radius 1 is 1.44 bits per heavy atom. The smallest absolute Gasteiger partial charge is 0.242 e. The number of benzene rings is 1. The van der Waals surface area contributed by atoms with E-state index in [1.54, 1.807) is 25.3 Å². The molecule has 0 heterocycles. The van der Waals surface area contributed by atoms with Gasteiger partial charge in [0.25, 0.3) is 0 Å². The van der Waals surface area contributed by atoms with Crippen LogP contribution in [0.4, 0.5) is 0 Å². The average molecular weight is 357 g/mol. The Hall–Kier alpha value is -0.140.